The van der Waals surface area contributed by atoms with E-state index < -0.39 is 0 Å². The summed E-state index contributed by atoms with van der Waals surface area (Å²) < 4.78 is 0. The van der Waals surface area contributed by atoms with Crippen LogP contribution in [0.1, 0.15) is 32.6 Å². The Morgan fingerprint density at radius 1 is 1.10 bits per heavy atom. The van der Waals surface area contributed by atoms with Crippen LogP contribution in [0.4, 0.5) is 0 Å². The van der Waals surface area contributed by atoms with Crippen LogP contribution < -0.4 is 0 Å². The number of rotatable bonds is 1. The van der Waals surface area contributed by atoms with Crippen molar-refractivity contribution >= 4 is 0 Å². The van der Waals surface area contributed by atoms with Gasteiger partial charge < -0.3 is 0 Å². The van der Waals surface area contributed by atoms with Gasteiger partial charge in [0.25, 0.3) is 0 Å². The normalized spacial score (nSPS) is 62.7. The summed E-state index contributed by atoms with van der Waals surface area (Å²) in [6.07, 6.45) is 6.28. The SMILES string of the molecule is CCC1CC2CC3CC1C23. The van der Waals surface area contributed by atoms with Gasteiger partial charge in [0.05, 0.1) is 0 Å². The van der Waals surface area contributed by atoms with Gasteiger partial charge in [0.1, 0.15) is 0 Å². The first-order valence-electron chi connectivity index (χ1n) is 4.90. The van der Waals surface area contributed by atoms with E-state index in [1.807, 2.05) is 0 Å². The summed E-state index contributed by atoms with van der Waals surface area (Å²) in [5, 5.41) is 0. The molecule has 5 atom stereocenters. The van der Waals surface area contributed by atoms with Gasteiger partial charge in [-0.15, -0.1) is 0 Å². The summed E-state index contributed by atoms with van der Waals surface area (Å²) in [7, 11) is 0. The highest BCUT2D eigenvalue weighted by Gasteiger charge is 2.60. The van der Waals surface area contributed by atoms with Gasteiger partial charge in [-0.05, 0) is 48.9 Å². The highest BCUT2D eigenvalue weighted by Crippen LogP contribution is 2.68. The molecule has 56 valence electrons. The third kappa shape index (κ3) is 0.436. The summed E-state index contributed by atoms with van der Waals surface area (Å²) in [5.74, 6) is 6.01. The summed E-state index contributed by atoms with van der Waals surface area (Å²) in [6, 6.07) is 0. The van der Waals surface area contributed by atoms with Gasteiger partial charge in [-0.25, -0.2) is 0 Å². The Balaban J connectivity index is 1.83. The minimum Gasteiger partial charge on any atom is -0.0651 e. The summed E-state index contributed by atoms with van der Waals surface area (Å²) in [6.45, 7) is 2.38. The second-order valence-corrected chi connectivity index (χ2v) is 4.64. The molecular weight excluding hydrogens is 120 g/mol. The zero-order chi connectivity index (χ0) is 6.72. The predicted molar refractivity (Wildman–Crippen MR) is 41.6 cm³/mol. The van der Waals surface area contributed by atoms with E-state index in [1.165, 1.54) is 30.1 Å². The highest BCUT2D eigenvalue weighted by atomic mass is 14.6. The van der Waals surface area contributed by atoms with E-state index in [4.69, 9.17) is 0 Å². The topological polar surface area (TPSA) is 0 Å². The van der Waals surface area contributed by atoms with Crippen molar-refractivity contribution in [1.82, 2.24) is 0 Å². The molecule has 3 aliphatic rings. The first-order chi connectivity index (χ1) is 4.90. The standard InChI is InChI=1S/C10H16/c1-2-6-3-7-4-8-5-9(6)10(7)8/h6-10H,2-5H2,1H3. The Labute approximate surface area is 63.0 Å². The molecule has 3 fully saturated rings. The van der Waals surface area contributed by atoms with Crippen molar-refractivity contribution in [3.05, 3.63) is 0 Å². The second-order valence-electron chi connectivity index (χ2n) is 4.64. The Hall–Kier alpha value is 0. The highest BCUT2D eigenvalue weighted by molar-refractivity contribution is 5.09. The third-order valence-corrected chi connectivity index (χ3v) is 4.50. The van der Waals surface area contributed by atoms with Crippen molar-refractivity contribution in [1.29, 1.82) is 0 Å². The van der Waals surface area contributed by atoms with Gasteiger partial charge in [-0.1, -0.05) is 13.3 Å². The molecule has 0 N–H and O–H groups in total. The number of hydrogen-bond donors (Lipinski definition) is 0. The van der Waals surface area contributed by atoms with Gasteiger partial charge in [0.15, 0.2) is 0 Å². The van der Waals surface area contributed by atoms with Gasteiger partial charge >= 0.3 is 0 Å². The Kier molecular flexibility index (Phi) is 0.898. The molecule has 0 heterocycles. The molecule has 0 aromatic rings. The van der Waals surface area contributed by atoms with E-state index in [2.05, 4.69) is 6.92 Å². The quantitative estimate of drug-likeness (QED) is 0.520. The van der Waals surface area contributed by atoms with Gasteiger partial charge in [0, 0.05) is 0 Å². The van der Waals surface area contributed by atoms with E-state index in [0.717, 1.165) is 5.92 Å². The van der Waals surface area contributed by atoms with E-state index >= 15 is 0 Å². The molecule has 0 spiro atoms. The van der Waals surface area contributed by atoms with Crippen LogP contribution in [0.15, 0.2) is 0 Å². The van der Waals surface area contributed by atoms with Crippen molar-refractivity contribution in [2.45, 2.75) is 32.6 Å². The van der Waals surface area contributed by atoms with Crippen LogP contribution in [0, 0.1) is 29.6 Å². The lowest BCUT2D eigenvalue weighted by Gasteiger charge is -2.54. The zero-order valence-corrected chi connectivity index (χ0v) is 6.72. The molecular formula is C10H16. The molecule has 0 saturated heterocycles. The van der Waals surface area contributed by atoms with Crippen LogP contribution in [0.2, 0.25) is 0 Å². The molecule has 10 heavy (non-hydrogen) atoms. The minimum absolute atomic E-state index is 1.15. The van der Waals surface area contributed by atoms with Crippen molar-refractivity contribution in [2.24, 2.45) is 29.6 Å². The maximum atomic E-state index is 2.38. The van der Waals surface area contributed by atoms with Gasteiger partial charge in [0.2, 0.25) is 0 Å². The molecule has 0 aromatic carbocycles. The number of hydrogen-bond acceptors (Lipinski definition) is 0. The first kappa shape index (κ1) is 5.62. The van der Waals surface area contributed by atoms with Crippen LogP contribution in [0.5, 0.6) is 0 Å². The summed E-state index contributed by atoms with van der Waals surface area (Å²) in [5.41, 5.74) is 0. The fourth-order valence-electron chi connectivity index (χ4n) is 3.95. The lowest BCUT2D eigenvalue weighted by Crippen LogP contribution is -2.46. The van der Waals surface area contributed by atoms with Crippen LogP contribution in [0.3, 0.4) is 0 Å². The average molecular weight is 136 g/mol. The Morgan fingerprint density at radius 3 is 2.50 bits per heavy atom. The largest absolute Gasteiger partial charge is 0.0651 e. The molecule has 3 aliphatic carbocycles. The summed E-state index contributed by atoms with van der Waals surface area (Å²) in [4.78, 5) is 0. The fourth-order valence-corrected chi connectivity index (χ4v) is 3.95. The fraction of sp³-hybridized carbons (Fsp3) is 1.00. The Morgan fingerprint density at radius 2 is 1.90 bits per heavy atom. The van der Waals surface area contributed by atoms with Crippen molar-refractivity contribution in [2.75, 3.05) is 0 Å². The lowest BCUT2D eigenvalue weighted by molar-refractivity contribution is -0.0485. The van der Waals surface area contributed by atoms with Gasteiger partial charge in [-0.3, -0.25) is 0 Å². The monoisotopic (exact) mass is 136 g/mol. The molecule has 5 unspecified atom stereocenters. The van der Waals surface area contributed by atoms with E-state index in [0.29, 0.717) is 0 Å². The van der Waals surface area contributed by atoms with Crippen LogP contribution >= 0.6 is 0 Å². The lowest BCUT2D eigenvalue weighted by atomic mass is 9.51. The second kappa shape index (κ2) is 1.60. The van der Waals surface area contributed by atoms with Crippen molar-refractivity contribution in [3.8, 4) is 0 Å². The average Bonchev–Trinajstić information content (AvgIpc) is 2.06. The minimum atomic E-state index is 1.15. The molecule has 0 heteroatoms. The van der Waals surface area contributed by atoms with Crippen LogP contribution in [-0.2, 0) is 0 Å². The molecule has 3 saturated carbocycles. The third-order valence-electron chi connectivity index (χ3n) is 4.50. The van der Waals surface area contributed by atoms with E-state index in [1.54, 1.807) is 19.3 Å². The maximum absolute atomic E-state index is 2.38. The smallest absolute Gasteiger partial charge is 0.0326 e. The van der Waals surface area contributed by atoms with E-state index in [-0.39, 0.29) is 0 Å². The molecule has 0 radical (unpaired) electrons. The zero-order valence-electron chi connectivity index (χ0n) is 6.72. The molecule has 0 bridgehead atoms. The van der Waals surface area contributed by atoms with Crippen molar-refractivity contribution in [3.63, 3.8) is 0 Å². The maximum Gasteiger partial charge on any atom is -0.0326 e. The molecule has 0 nitrogen and oxygen atoms in total. The van der Waals surface area contributed by atoms with Gasteiger partial charge in [-0.2, -0.15) is 0 Å². The molecule has 0 aromatic heterocycles. The Bertz CT molecular complexity index is 161. The van der Waals surface area contributed by atoms with Crippen LogP contribution in [0.25, 0.3) is 0 Å². The van der Waals surface area contributed by atoms with Crippen molar-refractivity contribution < 1.29 is 0 Å². The molecule has 0 amide bonds. The first-order valence-corrected chi connectivity index (χ1v) is 4.90. The predicted octanol–water partition coefficient (Wildman–Crippen LogP) is 2.69. The molecule has 3 rings (SSSR count). The molecule has 0 aliphatic heterocycles. The summed E-state index contributed by atoms with van der Waals surface area (Å²) >= 11 is 0. The van der Waals surface area contributed by atoms with Crippen LogP contribution in [-0.4, -0.2) is 0 Å². The van der Waals surface area contributed by atoms with E-state index in [9.17, 15) is 0 Å².